The van der Waals surface area contributed by atoms with Crippen molar-refractivity contribution in [3.8, 4) is 11.1 Å². The van der Waals surface area contributed by atoms with E-state index < -0.39 is 16.0 Å². The number of aromatic carboxylic acids is 1. The maximum atomic E-state index is 14.2. The minimum Gasteiger partial charge on any atom is -0.478 e. The number of carbonyl (C=O) groups is 1. The largest absolute Gasteiger partial charge is 0.478 e. The van der Waals surface area contributed by atoms with Gasteiger partial charge in [-0.3, -0.25) is 5.10 Å². The number of sulfonamides is 1. The van der Waals surface area contributed by atoms with E-state index in [0.29, 0.717) is 39.3 Å². The highest BCUT2D eigenvalue weighted by molar-refractivity contribution is 7.89. The van der Waals surface area contributed by atoms with Gasteiger partial charge < -0.3 is 10.0 Å². The lowest BCUT2D eigenvalue weighted by molar-refractivity contribution is 0.0699. The van der Waals surface area contributed by atoms with Crippen molar-refractivity contribution in [1.29, 1.82) is 0 Å². The first-order chi connectivity index (χ1) is 18.8. The molecule has 202 valence electrons. The number of nitrogens with one attached hydrogen (secondary N) is 1. The van der Waals surface area contributed by atoms with Crippen molar-refractivity contribution in [3.05, 3.63) is 71.4 Å². The summed E-state index contributed by atoms with van der Waals surface area (Å²) < 4.78 is 30.0. The van der Waals surface area contributed by atoms with Gasteiger partial charge in [-0.1, -0.05) is 49.1 Å². The number of fused-ring (bicyclic) bond motifs is 2. The predicted octanol–water partition coefficient (Wildman–Crippen LogP) is 6.30. The van der Waals surface area contributed by atoms with Crippen LogP contribution in [0, 0.1) is 5.92 Å². The minimum absolute atomic E-state index is 0.0607. The van der Waals surface area contributed by atoms with Gasteiger partial charge in [0.05, 0.1) is 28.0 Å². The monoisotopic (exact) mass is 564 g/mol. The second-order valence-electron chi connectivity index (χ2n) is 10.4. The van der Waals surface area contributed by atoms with Crippen molar-refractivity contribution in [3.63, 3.8) is 0 Å². The van der Waals surface area contributed by atoms with Crippen molar-refractivity contribution >= 4 is 49.9 Å². The van der Waals surface area contributed by atoms with Crippen LogP contribution in [0.3, 0.4) is 0 Å². The zero-order chi connectivity index (χ0) is 27.3. The molecule has 0 unspecified atom stereocenters. The zero-order valence-electron chi connectivity index (χ0n) is 21.5. The van der Waals surface area contributed by atoms with E-state index in [1.54, 1.807) is 29.6 Å². The summed E-state index contributed by atoms with van der Waals surface area (Å²) in [7, 11) is -2.22. The van der Waals surface area contributed by atoms with Gasteiger partial charge in [-0.15, -0.1) is 0 Å². The van der Waals surface area contributed by atoms with Gasteiger partial charge in [0.15, 0.2) is 0 Å². The number of aromatic amines is 1. The SMILES string of the molecule is CN1[C@H](C2CCCCC2)CN(c2ccccc2)c2cc(Cl)c(-c3cc(C(=O)O)c4cn[nH]c4c3)cc2S1(=O)=O. The highest BCUT2D eigenvalue weighted by atomic mass is 35.5. The Balaban J connectivity index is 1.56. The molecule has 1 aromatic heterocycles. The molecule has 6 rings (SSSR count). The molecular formula is C29H29ClN4O4S. The summed E-state index contributed by atoms with van der Waals surface area (Å²) >= 11 is 6.87. The van der Waals surface area contributed by atoms with E-state index in [0.717, 1.165) is 31.4 Å². The van der Waals surface area contributed by atoms with E-state index in [1.165, 1.54) is 18.7 Å². The fourth-order valence-electron chi connectivity index (χ4n) is 6.12. The van der Waals surface area contributed by atoms with Crippen molar-refractivity contribution in [2.75, 3.05) is 18.5 Å². The summed E-state index contributed by atoms with van der Waals surface area (Å²) in [6, 6.07) is 16.1. The molecule has 1 aliphatic heterocycles. The Morgan fingerprint density at radius 3 is 2.54 bits per heavy atom. The van der Waals surface area contributed by atoms with Crippen LogP contribution >= 0.6 is 11.6 Å². The molecule has 1 aliphatic carbocycles. The molecule has 3 aromatic carbocycles. The van der Waals surface area contributed by atoms with E-state index in [9.17, 15) is 18.3 Å². The number of carboxylic acids is 1. The quantitative estimate of drug-likeness (QED) is 0.301. The summed E-state index contributed by atoms with van der Waals surface area (Å²) in [6.07, 6.45) is 6.84. The third kappa shape index (κ3) is 4.48. The first kappa shape index (κ1) is 25.9. The van der Waals surface area contributed by atoms with Crippen molar-refractivity contribution in [2.24, 2.45) is 5.92 Å². The maximum Gasteiger partial charge on any atom is 0.336 e. The van der Waals surface area contributed by atoms with Crippen molar-refractivity contribution < 1.29 is 18.3 Å². The lowest BCUT2D eigenvalue weighted by Gasteiger charge is -2.36. The Hall–Kier alpha value is -3.40. The van der Waals surface area contributed by atoms with Crippen LogP contribution in [0.15, 0.2) is 65.7 Å². The fraction of sp³-hybridized carbons (Fsp3) is 0.310. The van der Waals surface area contributed by atoms with Crippen LogP contribution < -0.4 is 4.90 Å². The van der Waals surface area contributed by atoms with Crippen molar-refractivity contribution in [2.45, 2.75) is 43.0 Å². The number of hydrogen-bond acceptors (Lipinski definition) is 5. The highest BCUT2D eigenvalue weighted by Gasteiger charge is 2.41. The summed E-state index contributed by atoms with van der Waals surface area (Å²) in [4.78, 5) is 14.2. The third-order valence-electron chi connectivity index (χ3n) is 8.20. The van der Waals surface area contributed by atoms with Gasteiger partial charge >= 0.3 is 5.97 Å². The molecule has 0 spiro atoms. The molecule has 0 saturated heterocycles. The Bertz CT molecular complexity index is 1670. The number of rotatable bonds is 4. The summed E-state index contributed by atoms with van der Waals surface area (Å²) in [5, 5.41) is 17.4. The number of hydrogen-bond donors (Lipinski definition) is 2. The molecule has 0 amide bonds. The third-order valence-corrected chi connectivity index (χ3v) is 10.4. The van der Waals surface area contributed by atoms with Gasteiger partial charge in [-0.05, 0) is 60.7 Å². The number of likely N-dealkylation sites (N-methyl/N-ethyl adjacent to an activating group) is 1. The molecule has 2 N–H and O–H groups in total. The van der Waals surface area contributed by atoms with E-state index in [-0.39, 0.29) is 22.4 Å². The Morgan fingerprint density at radius 2 is 1.82 bits per heavy atom. The molecular weight excluding hydrogens is 536 g/mol. The van der Waals surface area contributed by atoms with E-state index in [2.05, 4.69) is 15.1 Å². The van der Waals surface area contributed by atoms with Gasteiger partial charge in [0, 0.05) is 36.3 Å². The summed E-state index contributed by atoms with van der Waals surface area (Å²) in [6.45, 7) is 0.510. The average Bonchev–Trinajstić information content (AvgIpc) is 3.39. The number of nitrogens with zero attached hydrogens (tertiary/aromatic N) is 3. The fourth-order valence-corrected chi connectivity index (χ4v) is 7.99. The van der Waals surface area contributed by atoms with Crippen LogP contribution in [0.2, 0.25) is 5.02 Å². The Morgan fingerprint density at radius 1 is 1.08 bits per heavy atom. The van der Waals surface area contributed by atoms with Crippen molar-refractivity contribution in [1.82, 2.24) is 14.5 Å². The molecule has 1 atom stereocenters. The Labute approximate surface area is 232 Å². The zero-order valence-corrected chi connectivity index (χ0v) is 23.0. The minimum atomic E-state index is -3.91. The molecule has 8 nitrogen and oxygen atoms in total. The number of halogens is 1. The lowest BCUT2D eigenvalue weighted by Crippen LogP contribution is -2.46. The molecule has 2 heterocycles. The number of H-pyrrole nitrogens is 1. The van der Waals surface area contributed by atoms with Gasteiger partial charge in [0.2, 0.25) is 10.0 Å². The normalized spacial score (nSPS) is 20.1. The first-order valence-corrected chi connectivity index (χ1v) is 14.9. The number of para-hydroxylation sites is 1. The number of benzene rings is 3. The molecule has 10 heteroatoms. The average molecular weight is 565 g/mol. The molecule has 1 saturated carbocycles. The van der Waals surface area contributed by atoms with Gasteiger partial charge in [-0.25, -0.2) is 13.2 Å². The summed E-state index contributed by atoms with van der Waals surface area (Å²) in [5.74, 6) is -0.845. The van der Waals surface area contributed by atoms with E-state index >= 15 is 0 Å². The van der Waals surface area contributed by atoms with E-state index in [4.69, 9.17) is 11.6 Å². The first-order valence-electron chi connectivity index (χ1n) is 13.1. The summed E-state index contributed by atoms with van der Waals surface area (Å²) in [5.41, 5.74) is 2.93. The van der Waals surface area contributed by atoms with Crippen LogP contribution in [0.25, 0.3) is 22.0 Å². The topological polar surface area (TPSA) is 107 Å². The smallest absolute Gasteiger partial charge is 0.336 e. The second kappa shape index (κ2) is 9.97. The lowest BCUT2D eigenvalue weighted by atomic mass is 9.83. The number of carboxylic acid groups (broad SMARTS) is 1. The van der Waals surface area contributed by atoms with Gasteiger partial charge in [0.1, 0.15) is 4.90 Å². The van der Waals surface area contributed by atoms with Gasteiger partial charge in [0.25, 0.3) is 0 Å². The van der Waals surface area contributed by atoms with Crippen LogP contribution in [0.5, 0.6) is 0 Å². The van der Waals surface area contributed by atoms with E-state index in [1.807, 2.05) is 30.3 Å². The molecule has 39 heavy (non-hydrogen) atoms. The Kier molecular flexibility index (Phi) is 6.61. The number of anilines is 2. The molecule has 0 bridgehead atoms. The maximum absolute atomic E-state index is 14.2. The second-order valence-corrected chi connectivity index (χ2v) is 12.8. The van der Waals surface area contributed by atoms with Crippen LogP contribution in [0.1, 0.15) is 42.5 Å². The molecule has 0 radical (unpaired) electrons. The number of aromatic nitrogens is 2. The molecule has 2 aliphatic rings. The standard InChI is InChI=1S/C29H29ClN4O4S/c1-33-27(18-8-4-2-5-9-18)17-34(20-10-6-3-7-11-20)26-15-24(30)21(14-28(26)39(33,37)38)19-12-22(29(35)36)23-16-31-32-25(23)13-19/h3,6-7,10-16,18,27H,2,4-5,8-9,17H2,1H3,(H,31,32)(H,35,36)/t27-/m0/s1. The highest BCUT2D eigenvalue weighted by Crippen LogP contribution is 2.45. The van der Waals surface area contributed by atoms with Gasteiger partial charge in [-0.2, -0.15) is 9.40 Å². The molecule has 4 aromatic rings. The van der Waals surface area contributed by atoms with Crippen LogP contribution in [-0.4, -0.2) is 53.6 Å². The van der Waals surface area contributed by atoms with Crippen LogP contribution in [-0.2, 0) is 10.0 Å². The molecule has 1 fully saturated rings. The predicted molar refractivity (Wildman–Crippen MR) is 152 cm³/mol. The van der Waals surface area contributed by atoms with Crippen LogP contribution in [0.4, 0.5) is 11.4 Å².